The zero-order valence-corrected chi connectivity index (χ0v) is 16.9. The molecule has 4 rings (SSSR count). The molecule has 0 unspecified atom stereocenters. The van der Waals surface area contributed by atoms with E-state index in [0.29, 0.717) is 44.1 Å². The van der Waals surface area contributed by atoms with Crippen molar-refractivity contribution in [3.05, 3.63) is 59.7 Å². The zero-order chi connectivity index (χ0) is 20.8. The second-order valence-corrected chi connectivity index (χ2v) is 7.78. The summed E-state index contributed by atoms with van der Waals surface area (Å²) in [6.07, 6.45) is 1.42. The number of carbonyl (C=O) groups excluding carboxylic acids is 1. The van der Waals surface area contributed by atoms with Crippen LogP contribution in [-0.4, -0.2) is 35.1 Å². The minimum atomic E-state index is -0.258. The number of rotatable bonds is 8. The topological polar surface area (TPSA) is 86.5 Å². The average Bonchev–Trinajstić information content (AvgIpc) is 3.19. The van der Waals surface area contributed by atoms with E-state index in [4.69, 9.17) is 13.9 Å². The minimum absolute atomic E-state index is 0.0822. The third-order valence-corrected chi connectivity index (χ3v) is 5.40. The lowest BCUT2D eigenvalue weighted by Crippen LogP contribution is -2.15. The molecule has 1 aliphatic rings. The van der Waals surface area contributed by atoms with Gasteiger partial charge in [0, 0.05) is 11.3 Å². The van der Waals surface area contributed by atoms with E-state index in [9.17, 15) is 9.18 Å². The van der Waals surface area contributed by atoms with E-state index < -0.39 is 0 Å². The van der Waals surface area contributed by atoms with Crippen LogP contribution in [0.5, 0.6) is 11.5 Å². The van der Waals surface area contributed by atoms with Gasteiger partial charge in [0.2, 0.25) is 11.8 Å². The summed E-state index contributed by atoms with van der Waals surface area (Å²) in [5.41, 5.74) is 0.943. The zero-order valence-electron chi connectivity index (χ0n) is 16.1. The Morgan fingerprint density at radius 3 is 2.70 bits per heavy atom. The van der Waals surface area contributed by atoms with Crippen LogP contribution in [0, 0.1) is 5.82 Å². The number of benzene rings is 2. The molecule has 1 aliphatic heterocycles. The summed E-state index contributed by atoms with van der Waals surface area (Å²) in [4.78, 5) is 13.0. The second-order valence-electron chi connectivity index (χ2n) is 6.61. The van der Waals surface area contributed by atoms with Gasteiger partial charge in [0.15, 0.2) is 11.5 Å². The van der Waals surface area contributed by atoms with Crippen LogP contribution in [0.3, 0.4) is 0 Å². The van der Waals surface area contributed by atoms with E-state index in [0.717, 1.165) is 22.0 Å². The molecule has 0 spiro atoms. The second kappa shape index (κ2) is 9.62. The van der Waals surface area contributed by atoms with Gasteiger partial charge in [0.1, 0.15) is 19.0 Å². The number of hydrogen-bond acceptors (Lipinski definition) is 7. The fourth-order valence-electron chi connectivity index (χ4n) is 2.88. The Morgan fingerprint density at radius 1 is 1.07 bits per heavy atom. The van der Waals surface area contributed by atoms with Crippen molar-refractivity contribution >= 4 is 23.7 Å². The first-order valence-corrected chi connectivity index (χ1v) is 10.5. The molecule has 0 saturated heterocycles. The molecule has 9 heteroatoms. The molecule has 0 radical (unpaired) electrons. The van der Waals surface area contributed by atoms with Crippen molar-refractivity contribution in [2.24, 2.45) is 0 Å². The molecule has 1 N–H and O–H groups in total. The lowest BCUT2D eigenvalue weighted by Gasteiger charge is -2.18. The smallest absolute Gasteiger partial charge is 0.322 e. The Labute approximate surface area is 177 Å². The molecule has 30 heavy (non-hydrogen) atoms. The number of aromatic nitrogens is 2. The molecular weight excluding hydrogens is 409 g/mol. The molecule has 7 nitrogen and oxygen atoms in total. The molecule has 156 valence electrons. The average molecular weight is 429 g/mol. The minimum Gasteiger partial charge on any atom is -0.486 e. The van der Waals surface area contributed by atoms with Crippen molar-refractivity contribution < 1.29 is 23.1 Å². The van der Waals surface area contributed by atoms with Gasteiger partial charge < -0.3 is 13.9 Å². The van der Waals surface area contributed by atoms with Crippen LogP contribution in [0.15, 0.2) is 51.8 Å². The van der Waals surface area contributed by atoms with E-state index >= 15 is 0 Å². The van der Waals surface area contributed by atoms with Crippen LogP contribution in [0.4, 0.5) is 10.4 Å². The fourth-order valence-corrected chi connectivity index (χ4v) is 3.74. The van der Waals surface area contributed by atoms with E-state index in [1.54, 1.807) is 23.9 Å². The summed E-state index contributed by atoms with van der Waals surface area (Å²) in [6.45, 7) is 1.07. The Morgan fingerprint density at radius 2 is 1.87 bits per heavy atom. The van der Waals surface area contributed by atoms with Gasteiger partial charge in [-0.25, -0.2) is 4.39 Å². The van der Waals surface area contributed by atoms with Crippen LogP contribution in [0.2, 0.25) is 0 Å². The Kier molecular flexibility index (Phi) is 6.48. The van der Waals surface area contributed by atoms with Crippen molar-refractivity contribution in [3.63, 3.8) is 0 Å². The number of ether oxygens (including phenoxy) is 2. The normalized spacial score (nSPS) is 12.6. The van der Waals surface area contributed by atoms with Crippen molar-refractivity contribution in [1.82, 2.24) is 10.2 Å². The molecule has 0 atom stereocenters. The standard InChI is InChI=1S/C21H20FN3O4S/c22-15-4-6-16(7-5-15)30-11-1-2-19(26)23-21-25-24-20(29-21)13-14-3-8-17-18(12-14)28-10-9-27-17/h3-8,12H,1-2,9-11,13H2,(H,23,25,26). The van der Waals surface area contributed by atoms with Crippen molar-refractivity contribution in [3.8, 4) is 11.5 Å². The molecule has 0 aliphatic carbocycles. The van der Waals surface area contributed by atoms with E-state index in [1.807, 2.05) is 18.2 Å². The quantitative estimate of drug-likeness (QED) is 0.426. The fraction of sp³-hybridized carbons (Fsp3) is 0.286. The number of thioether (sulfide) groups is 1. The van der Waals surface area contributed by atoms with Gasteiger partial charge in [-0.3, -0.25) is 10.1 Å². The predicted octanol–water partition coefficient (Wildman–Crippen LogP) is 4.08. The third-order valence-electron chi connectivity index (χ3n) is 4.31. The first-order chi connectivity index (χ1) is 14.7. The maximum absolute atomic E-state index is 12.9. The highest BCUT2D eigenvalue weighted by Gasteiger charge is 2.14. The highest BCUT2D eigenvalue weighted by molar-refractivity contribution is 7.99. The van der Waals surface area contributed by atoms with Gasteiger partial charge >= 0.3 is 6.01 Å². The third kappa shape index (κ3) is 5.50. The molecule has 0 saturated carbocycles. The van der Waals surface area contributed by atoms with Gasteiger partial charge in [0.25, 0.3) is 0 Å². The summed E-state index contributed by atoms with van der Waals surface area (Å²) < 4.78 is 29.5. The molecule has 0 fully saturated rings. The lowest BCUT2D eigenvalue weighted by atomic mass is 10.1. The van der Waals surface area contributed by atoms with Gasteiger partial charge in [0.05, 0.1) is 6.42 Å². The van der Waals surface area contributed by atoms with E-state index in [-0.39, 0.29) is 17.7 Å². The number of anilines is 1. The summed E-state index contributed by atoms with van der Waals surface area (Å²) in [6, 6.07) is 12.0. The number of hydrogen-bond donors (Lipinski definition) is 1. The maximum atomic E-state index is 12.9. The maximum Gasteiger partial charge on any atom is 0.322 e. The number of amides is 1. The van der Waals surface area contributed by atoms with Gasteiger partial charge in [-0.15, -0.1) is 16.9 Å². The Hall–Kier alpha value is -3.07. The van der Waals surface area contributed by atoms with Crippen molar-refractivity contribution in [2.75, 3.05) is 24.3 Å². The van der Waals surface area contributed by atoms with Gasteiger partial charge in [-0.1, -0.05) is 11.2 Å². The highest BCUT2D eigenvalue weighted by atomic mass is 32.2. The number of nitrogens with zero attached hydrogens (tertiary/aromatic N) is 2. The van der Waals surface area contributed by atoms with Crippen molar-refractivity contribution in [1.29, 1.82) is 0 Å². The van der Waals surface area contributed by atoms with Crippen LogP contribution in [-0.2, 0) is 11.2 Å². The van der Waals surface area contributed by atoms with E-state index in [2.05, 4.69) is 15.5 Å². The van der Waals surface area contributed by atoms with Gasteiger partial charge in [-0.05, 0) is 54.1 Å². The molecule has 1 aromatic heterocycles. The SMILES string of the molecule is O=C(CCCSc1ccc(F)cc1)Nc1nnc(Cc2ccc3c(c2)OCCO3)o1. The molecule has 3 aromatic rings. The van der Waals surface area contributed by atoms with Crippen LogP contribution >= 0.6 is 11.8 Å². The Balaban J connectivity index is 1.22. The number of carbonyl (C=O) groups is 1. The predicted molar refractivity (Wildman–Crippen MR) is 110 cm³/mol. The van der Waals surface area contributed by atoms with Gasteiger partial charge in [-0.2, -0.15) is 0 Å². The molecular formula is C21H20FN3O4S. The summed E-state index contributed by atoms with van der Waals surface area (Å²) >= 11 is 1.58. The first-order valence-electron chi connectivity index (χ1n) is 9.55. The number of fused-ring (bicyclic) bond motifs is 1. The van der Waals surface area contributed by atoms with E-state index in [1.165, 1.54) is 12.1 Å². The van der Waals surface area contributed by atoms with Crippen molar-refractivity contribution in [2.45, 2.75) is 24.2 Å². The monoisotopic (exact) mass is 429 g/mol. The number of nitrogens with one attached hydrogen (secondary N) is 1. The largest absolute Gasteiger partial charge is 0.486 e. The summed E-state index contributed by atoms with van der Waals surface area (Å²) in [7, 11) is 0. The molecule has 2 aromatic carbocycles. The first kappa shape index (κ1) is 20.2. The molecule has 1 amide bonds. The lowest BCUT2D eigenvalue weighted by molar-refractivity contribution is -0.116. The summed E-state index contributed by atoms with van der Waals surface area (Å²) in [5, 5.41) is 10.5. The van der Waals surface area contributed by atoms with Crippen LogP contribution in [0.1, 0.15) is 24.3 Å². The number of halogens is 1. The molecule has 0 bridgehead atoms. The molecule has 2 heterocycles. The summed E-state index contributed by atoms with van der Waals surface area (Å²) in [5.74, 6) is 2.12. The van der Waals surface area contributed by atoms with Crippen LogP contribution < -0.4 is 14.8 Å². The highest BCUT2D eigenvalue weighted by Crippen LogP contribution is 2.31. The van der Waals surface area contributed by atoms with Crippen LogP contribution in [0.25, 0.3) is 0 Å². The Bertz CT molecular complexity index is 1010.